The number of benzene rings is 1. The van der Waals surface area contributed by atoms with Gasteiger partial charge in [-0.1, -0.05) is 29.5 Å². The Balaban J connectivity index is 1.06. The highest BCUT2D eigenvalue weighted by molar-refractivity contribution is 5.76. The number of carbonyl (C=O) groups is 1. The summed E-state index contributed by atoms with van der Waals surface area (Å²) in [7, 11) is 0. The molecule has 2 aromatic heterocycles. The van der Waals surface area contributed by atoms with Crippen LogP contribution in [0.15, 0.2) is 54.9 Å². The van der Waals surface area contributed by atoms with E-state index in [1.807, 2.05) is 16.0 Å². The van der Waals surface area contributed by atoms with Gasteiger partial charge < -0.3 is 14.7 Å². The molecule has 0 radical (unpaired) electrons. The molecule has 2 amide bonds. The number of aromatic nitrogens is 4. The molecule has 8 nitrogen and oxygen atoms in total. The molecular formula is C25H29N7O. The molecule has 1 aromatic carbocycles. The third-order valence-corrected chi connectivity index (χ3v) is 7.21. The second-order valence-electron chi connectivity index (χ2n) is 9.57. The number of pyridine rings is 1. The van der Waals surface area contributed by atoms with E-state index in [-0.39, 0.29) is 6.03 Å². The Morgan fingerprint density at radius 2 is 1.79 bits per heavy atom. The van der Waals surface area contributed by atoms with Gasteiger partial charge in [0.05, 0.1) is 11.9 Å². The van der Waals surface area contributed by atoms with Gasteiger partial charge in [0.15, 0.2) is 0 Å². The average molecular weight is 444 g/mol. The summed E-state index contributed by atoms with van der Waals surface area (Å²) >= 11 is 0. The molecule has 3 fully saturated rings. The summed E-state index contributed by atoms with van der Waals surface area (Å²) in [5, 5.41) is 10.6. The number of aromatic amines is 1. The minimum atomic E-state index is 0.144. The molecule has 2 saturated heterocycles. The summed E-state index contributed by atoms with van der Waals surface area (Å²) in [5.41, 5.74) is 3.43. The largest absolute Gasteiger partial charge is 0.326 e. The lowest BCUT2D eigenvalue weighted by Crippen LogP contribution is -2.53. The van der Waals surface area contributed by atoms with Gasteiger partial charge in [-0.15, -0.1) is 5.10 Å². The van der Waals surface area contributed by atoms with Gasteiger partial charge in [0, 0.05) is 56.4 Å². The van der Waals surface area contributed by atoms with Crippen molar-refractivity contribution in [2.45, 2.75) is 31.1 Å². The summed E-state index contributed by atoms with van der Waals surface area (Å²) in [6, 6.07) is 15.0. The van der Waals surface area contributed by atoms with Gasteiger partial charge in [0.2, 0.25) is 0 Å². The second-order valence-corrected chi connectivity index (χ2v) is 9.57. The minimum absolute atomic E-state index is 0.144. The number of hydrogen-bond acceptors (Lipinski definition) is 5. The monoisotopic (exact) mass is 443 g/mol. The number of carbonyl (C=O) groups excluding carboxylic acids is 1. The highest BCUT2D eigenvalue weighted by Gasteiger charge is 2.37. The smallest absolute Gasteiger partial charge is 0.320 e. The van der Waals surface area contributed by atoms with Gasteiger partial charge in [-0.25, -0.2) is 9.78 Å². The predicted molar refractivity (Wildman–Crippen MR) is 125 cm³/mol. The summed E-state index contributed by atoms with van der Waals surface area (Å²) in [4.78, 5) is 24.0. The van der Waals surface area contributed by atoms with Crippen molar-refractivity contribution in [3.05, 3.63) is 66.1 Å². The summed E-state index contributed by atoms with van der Waals surface area (Å²) in [6.07, 6.45) is 7.34. The van der Waals surface area contributed by atoms with E-state index in [9.17, 15) is 4.79 Å². The number of likely N-dealkylation sites (tertiary alicyclic amines) is 2. The maximum atomic E-state index is 12.9. The Hall–Kier alpha value is -3.42. The normalized spacial score (nSPS) is 20.7. The molecule has 170 valence electrons. The number of hydrogen-bond donors (Lipinski definition) is 1. The Morgan fingerprint density at radius 3 is 2.48 bits per heavy atom. The van der Waals surface area contributed by atoms with Crippen LogP contribution in [-0.2, 0) is 0 Å². The van der Waals surface area contributed by atoms with Gasteiger partial charge in [0.25, 0.3) is 0 Å². The Kier molecular flexibility index (Phi) is 5.20. The van der Waals surface area contributed by atoms with Crippen molar-refractivity contribution in [1.82, 2.24) is 30.2 Å². The van der Waals surface area contributed by atoms with Crippen LogP contribution < -0.4 is 4.90 Å². The molecule has 0 unspecified atom stereocenters. The van der Waals surface area contributed by atoms with Crippen molar-refractivity contribution in [3.63, 3.8) is 0 Å². The third-order valence-electron chi connectivity index (χ3n) is 7.21. The van der Waals surface area contributed by atoms with E-state index < -0.39 is 0 Å². The number of urea groups is 1. The predicted octanol–water partition coefficient (Wildman–Crippen LogP) is 3.76. The summed E-state index contributed by atoms with van der Waals surface area (Å²) in [6.45, 7) is 4.06. The van der Waals surface area contributed by atoms with Gasteiger partial charge in [-0.2, -0.15) is 0 Å². The molecule has 0 spiro atoms. The zero-order chi connectivity index (χ0) is 22.2. The van der Waals surface area contributed by atoms with Gasteiger partial charge >= 0.3 is 6.03 Å². The number of H-pyrrole nitrogens is 1. The number of nitrogens with one attached hydrogen (secondary N) is 1. The highest BCUT2D eigenvalue weighted by Crippen LogP contribution is 2.36. The Labute approximate surface area is 193 Å². The van der Waals surface area contributed by atoms with E-state index in [0.29, 0.717) is 11.8 Å². The quantitative estimate of drug-likeness (QED) is 0.627. The maximum Gasteiger partial charge on any atom is 0.320 e. The molecule has 4 heterocycles. The number of nitrogens with zero attached hydrogens (tertiary/aromatic N) is 6. The molecule has 6 rings (SSSR count). The molecule has 1 saturated carbocycles. The molecular weight excluding hydrogens is 414 g/mol. The molecule has 3 aromatic rings. The highest BCUT2D eigenvalue weighted by atomic mass is 16.2. The zero-order valence-corrected chi connectivity index (χ0v) is 18.7. The summed E-state index contributed by atoms with van der Waals surface area (Å²) < 4.78 is 0. The molecule has 1 atom stereocenters. The van der Waals surface area contributed by atoms with Crippen molar-refractivity contribution < 1.29 is 4.79 Å². The van der Waals surface area contributed by atoms with Crippen molar-refractivity contribution in [1.29, 1.82) is 0 Å². The van der Waals surface area contributed by atoms with E-state index in [1.165, 1.54) is 24.1 Å². The van der Waals surface area contributed by atoms with E-state index in [0.717, 1.165) is 56.6 Å². The van der Waals surface area contributed by atoms with Crippen LogP contribution in [-0.4, -0.2) is 68.9 Å². The minimum Gasteiger partial charge on any atom is -0.326 e. The standard InChI is InChI=1S/C25H29N7O/c33-25(30-11-10-20(15-30)23-13-27-29-28-23)31-16-21(17-31)19-8-9-24(26-12-19)32(14-18-6-7-18)22-4-2-1-3-5-22/h1-5,8-9,12-13,18,20-21H,6-7,10-11,14-17H2,(H,27,28,29)/t20-/m0/s1. The fourth-order valence-corrected chi connectivity index (χ4v) is 4.93. The van der Waals surface area contributed by atoms with Crippen LogP contribution in [0.1, 0.15) is 42.4 Å². The Bertz CT molecular complexity index is 1080. The Morgan fingerprint density at radius 1 is 0.970 bits per heavy atom. The van der Waals surface area contributed by atoms with Crippen LogP contribution >= 0.6 is 0 Å². The van der Waals surface area contributed by atoms with Crippen LogP contribution in [0, 0.1) is 5.92 Å². The average Bonchev–Trinajstić information content (AvgIpc) is 3.25. The molecule has 1 aliphatic carbocycles. The van der Waals surface area contributed by atoms with E-state index in [1.54, 1.807) is 6.20 Å². The van der Waals surface area contributed by atoms with Crippen LogP contribution in [0.3, 0.4) is 0 Å². The molecule has 3 aliphatic rings. The third kappa shape index (κ3) is 4.17. The second kappa shape index (κ2) is 8.50. The lowest BCUT2D eigenvalue weighted by molar-refractivity contribution is 0.121. The molecule has 0 bridgehead atoms. The number of amides is 2. The number of anilines is 2. The first kappa shape index (κ1) is 20.2. The van der Waals surface area contributed by atoms with E-state index in [4.69, 9.17) is 4.98 Å². The fourth-order valence-electron chi connectivity index (χ4n) is 4.93. The van der Waals surface area contributed by atoms with Crippen LogP contribution in [0.2, 0.25) is 0 Å². The molecule has 1 N–H and O–H groups in total. The van der Waals surface area contributed by atoms with Crippen LogP contribution in [0.5, 0.6) is 0 Å². The van der Waals surface area contributed by atoms with Gasteiger partial charge in [-0.3, -0.25) is 5.10 Å². The summed E-state index contributed by atoms with van der Waals surface area (Å²) in [5.74, 6) is 2.44. The number of para-hydroxylation sites is 1. The van der Waals surface area contributed by atoms with Gasteiger partial charge in [0.1, 0.15) is 5.82 Å². The first-order valence-corrected chi connectivity index (χ1v) is 11.9. The van der Waals surface area contributed by atoms with Crippen molar-refractivity contribution >= 4 is 17.5 Å². The molecule has 2 aliphatic heterocycles. The van der Waals surface area contributed by atoms with Gasteiger partial charge in [-0.05, 0) is 48.9 Å². The first-order chi connectivity index (χ1) is 16.2. The SMILES string of the molecule is O=C(N1CC(c2ccc(N(CC3CC3)c3ccccc3)nc2)C1)N1CC[C@H](c2cnn[nH]2)C1. The zero-order valence-electron chi connectivity index (χ0n) is 18.7. The lowest BCUT2D eigenvalue weighted by Gasteiger charge is -2.41. The van der Waals surface area contributed by atoms with E-state index >= 15 is 0 Å². The van der Waals surface area contributed by atoms with Crippen molar-refractivity contribution in [3.8, 4) is 0 Å². The number of rotatable bonds is 6. The molecule has 33 heavy (non-hydrogen) atoms. The van der Waals surface area contributed by atoms with Crippen LogP contribution in [0.25, 0.3) is 0 Å². The van der Waals surface area contributed by atoms with Crippen molar-refractivity contribution in [2.24, 2.45) is 5.92 Å². The van der Waals surface area contributed by atoms with Crippen molar-refractivity contribution in [2.75, 3.05) is 37.6 Å². The first-order valence-electron chi connectivity index (χ1n) is 11.9. The molecule has 8 heteroatoms. The van der Waals surface area contributed by atoms with E-state index in [2.05, 4.69) is 62.8 Å². The maximum absolute atomic E-state index is 12.9. The fraction of sp³-hybridized carbons (Fsp3) is 0.440. The topological polar surface area (TPSA) is 81.2 Å². The van der Waals surface area contributed by atoms with Crippen LogP contribution in [0.4, 0.5) is 16.3 Å². The lowest BCUT2D eigenvalue weighted by atomic mass is 9.93.